The Balaban J connectivity index is 1.30. The summed E-state index contributed by atoms with van der Waals surface area (Å²) in [6, 6.07) is 14.4. The number of hydrogen-bond donors (Lipinski definition) is 2. The lowest BCUT2D eigenvalue weighted by Gasteiger charge is -2.31. The quantitative estimate of drug-likeness (QED) is 0.302. The molecule has 1 amide bonds. The molecule has 2 heterocycles. The number of hydrogen-bond acceptors (Lipinski definition) is 8. The first kappa shape index (κ1) is 30.5. The molecule has 2 N–H and O–H groups in total. The Bertz CT molecular complexity index is 1480. The summed E-state index contributed by atoms with van der Waals surface area (Å²) >= 11 is 1.66. The number of methoxy groups -OCH3 is 1. The van der Waals surface area contributed by atoms with E-state index < -0.39 is 16.3 Å². The van der Waals surface area contributed by atoms with Gasteiger partial charge in [0.25, 0.3) is 5.91 Å². The number of nitrogens with one attached hydrogen (secondary N) is 1. The SMILES string of the molecule is COc1ccc(S(=O)(=O)N(CCO)CCO[C@H]2C[C@@H](c3csc4ccccc34)C=C(C(=O)NC3CCCCC3)O2)cc1. The minimum absolute atomic E-state index is 0.00808. The van der Waals surface area contributed by atoms with Crippen LogP contribution in [0.5, 0.6) is 5.75 Å². The van der Waals surface area contributed by atoms with Gasteiger partial charge in [-0.15, -0.1) is 11.3 Å². The zero-order valence-corrected chi connectivity index (χ0v) is 25.4. The van der Waals surface area contributed by atoms with E-state index in [-0.39, 0.29) is 54.8 Å². The van der Waals surface area contributed by atoms with E-state index >= 15 is 0 Å². The summed E-state index contributed by atoms with van der Waals surface area (Å²) in [4.78, 5) is 13.4. The van der Waals surface area contributed by atoms with Gasteiger partial charge in [-0.1, -0.05) is 37.5 Å². The average Bonchev–Trinajstić information content (AvgIpc) is 3.45. The molecule has 3 aromatic rings. The molecule has 2 atom stereocenters. The van der Waals surface area contributed by atoms with Crippen LogP contribution in [0.1, 0.15) is 50.0 Å². The zero-order valence-electron chi connectivity index (χ0n) is 23.7. The summed E-state index contributed by atoms with van der Waals surface area (Å²) in [6.45, 7) is -0.388. The van der Waals surface area contributed by atoms with Crippen molar-refractivity contribution in [2.45, 2.75) is 61.7 Å². The third-order valence-electron chi connectivity index (χ3n) is 7.82. The second kappa shape index (κ2) is 14.0. The molecule has 5 rings (SSSR count). The average molecular weight is 615 g/mol. The molecule has 2 aromatic carbocycles. The monoisotopic (exact) mass is 614 g/mol. The number of allylic oxidation sites excluding steroid dienone is 1. The molecule has 1 aromatic heterocycles. The van der Waals surface area contributed by atoms with Gasteiger partial charge >= 0.3 is 0 Å². The molecule has 226 valence electrons. The lowest BCUT2D eigenvalue weighted by molar-refractivity contribution is -0.147. The first-order valence-electron chi connectivity index (χ1n) is 14.4. The van der Waals surface area contributed by atoms with Gasteiger partial charge in [-0.3, -0.25) is 4.79 Å². The summed E-state index contributed by atoms with van der Waals surface area (Å²) in [5, 5.41) is 16.0. The zero-order chi connectivity index (χ0) is 29.5. The van der Waals surface area contributed by atoms with Crippen LogP contribution in [0.15, 0.2) is 70.6 Å². The van der Waals surface area contributed by atoms with E-state index in [2.05, 4.69) is 22.8 Å². The highest BCUT2D eigenvalue weighted by Gasteiger charge is 2.32. The highest BCUT2D eigenvalue weighted by molar-refractivity contribution is 7.89. The van der Waals surface area contributed by atoms with Gasteiger partial charge < -0.3 is 24.6 Å². The maximum atomic E-state index is 13.3. The van der Waals surface area contributed by atoms with E-state index in [4.69, 9.17) is 14.2 Å². The van der Waals surface area contributed by atoms with Crippen LogP contribution in [0.3, 0.4) is 0 Å². The second-order valence-corrected chi connectivity index (χ2v) is 13.4. The van der Waals surface area contributed by atoms with Crippen LogP contribution < -0.4 is 10.1 Å². The number of aliphatic hydroxyl groups is 1. The number of nitrogens with zero attached hydrogens (tertiary/aromatic N) is 1. The Hall–Kier alpha value is -2.96. The Kier molecular flexibility index (Phi) is 10.2. The summed E-state index contributed by atoms with van der Waals surface area (Å²) < 4.78 is 46.2. The predicted octanol–water partition coefficient (Wildman–Crippen LogP) is 4.77. The Labute approximate surface area is 251 Å². The first-order valence-corrected chi connectivity index (χ1v) is 16.7. The van der Waals surface area contributed by atoms with E-state index in [0.29, 0.717) is 12.2 Å². The summed E-state index contributed by atoms with van der Waals surface area (Å²) in [5.74, 6) is 0.423. The second-order valence-electron chi connectivity index (χ2n) is 10.6. The maximum Gasteiger partial charge on any atom is 0.286 e. The fraction of sp³-hybridized carbons (Fsp3) is 0.452. The molecule has 0 spiro atoms. The number of sulfonamides is 1. The van der Waals surface area contributed by atoms with E-state index in [1.807, 2.05) is 18.2 Å². The van der Waals surface area contributed by atoms with Crippen molar-refractivity contribution in [3.8, 4) is 5.75 Å². The lowest BCUT2D eigenvalue weighted by Crippen LogP contribution is -2.40. The molecular weight excluding hydrogens is 576 g/mol. The van der Waals surface area contributed by atoms with Crippen LogP contribution in [0.4, 0.5) is 0 Å². The van der Waals surface area contributed by atoms with Crippen LogP contribution in [0.25, 0.3) is 10.1 Å². The van der Waals surface area contributed by atoms with Gasteiger partial charge in [0.05, 0.1) is 25.2 Å². The molecule has 0 unspecified atom stereocenters. The third-order valence-corrected chi connectivity index (χ3v) is 10.7. The van der Waals surface area contributed by atoms with Crippen LogP contribution in [-0.2, 0) is 24.3 Å². The molecule has 1 aliphatic carbocycles. The Morgan fingerprint density at radius 2 is 1.86 bits per heavy atom. The molecular formula is C31H38N2O7S2. The molecule has 1 aliphatic heterocycles. The van der Waals surface area contributed by atoms with Crippen molar-refractivity contribution < 1.29 is 32.5 Å². The Morgan fingerprint density at radius 3 is 2.60 bits per heavy atom. The summed E-state index contributed by atoms with van der Waals surface area (Å²) in [6.07, 6.45) is 6.93. The number of aliphatic hydroxyl groups excluding tert-OH is 1. The number of amides is 1. The Morgan fingerprint density at radius 1 is 1.10 bits per heavy atom. The highest BCUT2D eigenvalue weighted by Crippen LogP contribution is 2.38. The molecule has 2 aliphatic rings. The number of ether oxygens (including phenoxy) is 3. The van der Waals surface area contributed by atoms with Crippen molar-refractivity contribution in [3.05, 3.63) is 71.3 Å². The number of carbonyl (C=O) groups excluding carboxylic acids is 1. The van der Waals surface area contributed by atoms with E-state index in [0.717, 1.165) is 36.6 Å². The van der Waals surface area contributed by atoms with Crippen LogP contribution in [-0.4, -0.2) is 69.5 Å². The van der Waals surface area contributed by atoms with Crippen molar-refractivity contribution in [3.63, 3.8) is 0 Å². The number of carbonyl (C=O) groups is 1. The van der Waals surface area contributed by atoms with Crippen LogP contribution in [0.2, 0.25) is 0 Å². The van der Waals surface area contributed by atoms with Gasteiger partial charge in [-0.05, 0) is 65.6 Å². The third kappa shape index (κ3) is 7.15. The van der Waals surface area contributed by atoms with Gasteiger partial charge in [-0.25, -0.2) is 8.42 Å². The van der Waals surface area contributed by atoms with Crippen molar-refractivity contribution in [1.82, 2.24) is 9.62 Å². The van der Waals surface area contributed by atoms with Gasteiger partial charge in [-0.2, -0.15) is 4.31 Å². The summed E-state index contributed by atoms with van der Waals surface area (Å²) in [5.41, 5.74) is 1.11. The van der Waals surface area contributed by atoms with Crippen LogP contribution in [0, 0.1) is 0 Å². The molecule has 42 heavy (non-hydrogen) atoms. The van der Waals surface area contributed by atoms with E-state index in [1.54, 1.807) is 23.5 Å². The van der Waals surface area contributed by atoms with Crippen molar-refractivity contribution in [2.75, 3.05) is 33.4 Å². The van der Waals surface area contributed by atoms with Crippen LogP contribution >= 0.6 is 11.3 Å². The highest BCUT2D eigenvalue weighted by atomic mass is 32.2. The van der Waals surface area contributed by atoms with Crippen molar-refractivity contribution in [2.24, 2.45) is 0 Å². The maximum absolute atomic E-state index is 13.3. The van der Waals surface area contributed by atoms with E-state index in [1.165, 1.54) is 34.7 Å². The smallest absolute Gasteiger partial charge is 0.286 e. The number of benzene rings is 2. The standard InChI is InChI=1S/C31H38N2O7S2/c1-38-24-11-13-25(14-12-24)42(36,37)33(15-17-34)16-18-39-30-20-22(27-21-41-29-10-6-5-9-26(27)29)19-28(40-30)31(35)32-23-7-3-2-4-8-23/h5-6,9-14,19,21-23,30,34H,2-4,7-8,15-18,20H2,1H3,(H,32,35)/t22-,30+/m0/s1. The topological polar surface area (TPSA) is 114 Å². The predicted molar refractivity (Wildman–Crippen MR) is 162 cm³/mol. The molecule has 1 fully saturated rings. The molecule has 9 nitrogen and oxygen atoms in total. The molecule has 1 saturated carbocycles. The number of rotatable bonds is 12. The largest absolute Gasteiger partial charge is 0.497 e. The molecule has 11 heteroatoms. The minimum atomic E-state index is -3.88. The van der Waals surface area contributed by atoms with Crippen molar-refractivity contribution in [1.29, 1.82) is 0 Å². The fourth-order valence-electron chi connectivity index (χ4n) is 5.57. The normalized spacial score (nSPS) is 19.8. The fourth-order valence-corrected chi connectivity index (χ4v) is 8.01. The van der Waals surface area contributed by atoms with Gasteiger partial charge in [0.15, 0.2) is 5.76 Å². The number of thiophene rings is 1. The van der Waals surface area contributed by atoms with Gasteiger partial charge in [0.2, 0.25) is 16.3 Å². The van der Waals surface area contributed by atoms with Gasteiger partial charge in [0, 0.05) is 36.2 Å². The molecule has 0 bridgehead atoms. The van der Waals surface area contributed by atoms with E-state index in [9.17, 15) is 18.3 Å². The number of fused-ring (bicyclic) bond motifs is 1. The molecule has 0 radical (unpaired) electrons. The van der Waals surface area contributed by atoms with Gasteiger partial charge in [0.1, 0.15) is 5.75 Å². The lowest BCUT2D eigenvalue weighted by atomic mass is 9.92. The van der Waals surface area contributed by atoms with Crippen molar-refractivity contribution >= 4 is 37.4 Å². The minimum Gasteiger partial charge on any atom is -0.497 e. The summed E-state index contributed by atoms with van der Waals surface area (Å²) in [7, 11) is -2.37. The molecule has 0 saturated heterocycles. The first-order chi connectivity index (χ1) is 20.4.